The Hall–Kier alpha value is -2.28. The van der Waals surface area contributed by atoms with E-state index in [2.05, 4.69) is 14.7 Å². The third-order valence-electron chi connectivity index (χ3n) is 3.39. The van der Waals surface area contributed by atoms with Gasteiger partial charge in [-0.1, -0.05) is 11.6 Å². The maximum Gasteiger partial charge on any atom is 0.240 e. The zero-order valence-corrected chi connectivity index (χ0v) is 14.1. The number of hydrogen-bond donors (Lipinski definition) is 1. The van der Waals surface area contributed by atoms with Crippen molar-refractivity contribution in [3.8, 4) is 11.3 Å². The highest BCUT2D eigenvalue weighted by Crippen LogP contribution is 2.18. The van der Waals surface area contributed by atoms with Crippen molar-refractivity contribution in [1.29, 1.82) is 0 Å². The molecular formula is C17H14ClN3O2S. The summed E-state index contributed by atoms with van der Waals surface area (Å²) in [7, 11) is -3.59. The highest BCUT2D eigenvalue weighted by molar-refractivity contribution is 7.89. The summed E-state index contributed by atoms with van der Waals surface area (Å²) in [5.41, 5.74) is 2.50. The van der Waals surface area contributed by atoms with Crippen molar-refractivity contribution in [1.82, 2.24) is 14.7 Å². The Labute approximate surface area is 145 Å². The van der Waals surface area contributed by atoms with Gasteiger partial charge in [-0.3, -0.25) is 9.97 Å². The van der Waals surface area contributed by atoms with Gasteiger partial charge in [-0.05, 0) is 54.1 Å². The second-order valence-corrected chi connectivity index (χ2v) is 7.27. The Morgan fingerprint density at radius 2 is 1.67 bits per heavy atom. The molecule has 1 aromatic carbocycles. The average molecular weight is 360 g/mol. The molecule has 0 bridgehead atoms. The summed E-state index contributed by atoms with van der Waals surface area (Å²) in [6, 6.07) is 13.4. The number of halogens is 1. The van der Waals surface area contributed by atoms with Crippen LogP contribution in [-0.4, -0.2) is 18.4 Å². The molecule has 0 aliphatic carbocycles. The SMILES string of the molecule is O=S(=O)(NCc1ccnc(-c2ccncc2)c1)c1ccc(Cl)cc1. The number of pyridine rings is 2. The molecule has 3 aromatic rings. The Morgan fingerprint density at radius 3 is 2.38 bits per heavy atom. The van der Waals surface area contributed by atoms with Crippen LogP contribution in [0.25, 0.3) is 11.3 Å². The smallest absolute Gasteiger partial charge is 0.240 e. The first-order chi connectivity index (χ1) is 11.5. The van der Waals surface area contributed by atoms with Crippen LogP contribution in [0.2, 0.25) is 5.02 Å². The standard InChI is InChI=1S/C17H14ClN3O2S/c18-15-1-3-16(4-2-15)24(22,23)21-12-13-5-10-20-17(11-13)14-6-8-19-9-7-14/h1-11,21H,12H2. The van der Waals surface area contributed by atoms with Crippen LogP contribution in [0.1, 0.15) is 5.56 Å². The molecule has 2 aromatic heterocycles. The summed E-state index contributed by atoms with van der Waals surface area (Å²) < 4.78 is 27.2. The molecule has 122 valence electrons. The van der Waals surface area contributed by atoms with E-state index in [4.69, 9.17) is 11.6 Å². The van der Waals surface area contributed by atoms with Crippen LogP contribution in [0.3, 0.4) is 0 Å². The van der Waals surface area contributed by atoms with Crippen LogP contribution >= 0.6 is 11.6 Å². The fourth-order valence-corrected chi connectivity index (χ4v) is 3.28. The number of nitrogens with one attached hydrogen (secondary N) is 1. The predicted octanol–water partition coefficient (Wildman–Crippen LogP) is 3.28. The molecule has 0 aliphatic rings. The number of aromatic nitrogens is 2. The Bertz CT molecular complexity index is 930. The van der Waals surface area contributed by atoms with Gasteiger partial charge < -0.3 is 0 Å². The lowest BCUT2D eigenvalue weighted by Crippen LogP contribution is -2.23. The van der Waals surface area contributed by atoms with Crippen LogP contribution < -0.4 is 4.72 Å². The lowest BCUT2D eigenvalue weighted by molar-refractivity contribution is 0.581. The van der Waals surface area contributed by atoms with Gasteiger partial charge in [0, 0.05) is 35.7 Å². The van der Waals surface area contributed by atoms with E-state index in [9.17, 15) is 8.42 Å². The first kappa shape index (κ1) is 16.6. The topological polar surface area (TPSA) is 72.0 Å². The van der Waals surface area contributed by atoms with Crippen LogP contribution in [0, 0.1) is 0 Å². The van der Waals surface area contributed by atoms with Gasteiger partial charge in [-0.15, -0.1) is 0 Å². The summed E-state index contributed by atoms with van der Waals surface area (Å²) >= 11 is 5.78. The molecule has 0 saturated carbocycles. The molecule has 0 radical (unpaired) electrons. The monoisotopic (exact) mass is 359 g/mol. The van der Waals surface area contributed by atoms with Crippen molar-refractivity contribution < 1.29 is 8.42 Å². The molecule has 1 N–H and O–H groups in total. The molecule has 7 heteroatoms. The number of nitrogens with zero attached hydrogens (tertiary/aromatic N) is 2. The van der Waals surface area contributed by atoms with Crippen molar-refractivity contribution in [2.45, 2.75) is 11.4 Å². The lowest BCUT2D eigenvalue weighted by Gasteiger charge is -2.08. The van der Waals surface area contributed by atoms with Gasteiger partial charge in [0.15, 0.2) is 0 Å². The Kier molecular flexibility index (Phi) is 4.89. The number of benzene rings is 1. The first-order valence-electron chi connectivity index (χ1n) is 7.15. The van der Waals surface area contributed by atoms with Crippen LogP contribution in [-0.2, 0) is 16.6 Å². The van der Waals surface area contributed by atoms with Crippen molar-refractivity contribution >= 4 is 21.6 Å². The van der Waals surface area contributed by atoms with E-state index in [1.165, 1.54) is 12.1 Å². The molecule has 3 rings (SSSR count). The molecule has 5 nitrogen and oxygen atoms in total. The van der Waals surface area contributed by atoms with Gasteiger partial charge in [0.1, 0.15) is 0 Å². The highest BCUT2D eigenvalue weighted by Gasteiger charge is 2.13. The quantitative estimate of drug-likeness (QED) is 0.758. The van der Waals surface area contributed by atoms with E-state index in [0.717, 1.165) is 16.8 Å². The molecule has 0 spiro atoms. The van der Waals surface area contributed by atoms with Crippen molar-refractivity contribution in [2.24, 2.45) is 0 Å². The van der Waals surface area contributed by atoms with Gasteiger partial charge >= 0.3 is 0 Å². The van der Waals surface area contributed by atoms with E-state index in [-0.39, 0.29) is 11.4 Å². The normalized spacial score (nSPS) is 11.4. The van der Waals surface area contributed by atoms with Crippen LogP contribution in [0.4, 0.5) is 0 Å². The Morgan fingerprint density at radius 1 is 0.958 bits per heavy atom. The minimum atomic E-state index is -3.59. The third-order valence-corrected chi connectivity index (χ3v) is 5.06. The lowest BCUT2D eigenvalue weighted by atomic mass is 10.1. The zero-order valence-electron chi connectivity index (χ0n) is 12.6. The number of hydrogen-bond acceptors (Lipinski definition) is 4. The third kappa shape index (κ3) is 3.97. The second-order valence-electron chi connectivity index (χ2n) is 5.06. The summed E-state index contributed by atoms with van der Waals surface area (Å²) in [5, 5.41) is 0.491. The highest BCUT2D eigenvalue weighted by atomic mass is 35.5. The van der Waals surface area contributed by atoms with Crippen molar-refractivity contribution in [3.05, 3.63) is 77.7 Å². The van der Waals surface area contributed by atoms with Gasteiger partial charge in [0.2, 0.25) is 10.0 Å². The van der Waals surface area contributed by atoms with E-state index in [1.54, 1.807) is 36.8 Å². The molecule has 0 aliphatic heterocycles. The summed E-state index contributed by atoms with van der Waals surface area (Å²) in [6.45, 7) is 0.172. The van der Waals surface area contributed by atoms with Gasteiger partial charge in [-0.25, -0.2) is 13.1 Å². The van der Waals surface area contributed by atoms with Crippen LogP contribution in [0.15, 0.2) is 72.0 Å². The first-order valence-corrected chi connectivity index (χ1v) is 9.01. The average Bonchev–Trinajstić information content (AvgIpc) is 2.61. The van der Waals surface area contributed by atoms with Gasteiger partial charge in [-0.2, -0.15) is 0 Å². The van der Waals surface area contributed by atoms with E-state index in [0.29, 0.717) is 5.02 Å². The molecule has 0 atom stereocenters. The van der Waals surface area contributed by atoms with E-state index >= 15 is 0 Å². The largest absolute Gasteiger partial charge is 0.265 e. The molecule has 24 heavy (non-hydrogen) atoms. The van der Waals surface area contributed by atoms with Gasteiger partial charge in [0.25, 0.3) is 0 Å². The fourth-order valence-electron chi connectivity index (χ4n) is 2.14. The van der Waals surface area contributed by atoms with Crippen LogP contribution in [0.5, 0.6) is 0 Å². The summed E-state index contributed by atoms with van der Waals surface area (Å²) in [6.07, 6.45) is 5.03. The number of sulfonamides is 1. The number of rotatable bonds is 5. The van der Waals surface area contributed by atoms with Crippen molar-refractivity contribution in [3.63, 3.8) is 0 Å². The summed E-state index contributed by atoms with van der Waals surface area (Å²) in [4.78, 5) is 8.45. The molecule has 0 amide bonds. The second kappa shape index (κ2) is 7.09. The van der Waals surface area contributed by atoms with E-state index < -0.39 is 10.0 Å². The molecule has 0 unspecified atom stereocenters. The molecular weight excluding hydrogens is 346 g/mol. The fraction of sp³-hybridized carbons (Fsp3) is 0.0588. The maximum absolute atomic E-state index is 12.3. The minimum Gasteiger partial charge on any atom is -0.265 e. The Balaban J connectivity index is 1.76. The van der Waals surface area contributed by atoms with Crippen molar-refractivity contribution in [2.75, 3.05) is 0 Å². The van der Waals surface area contributed by atoms with Gasteiger partial charge in [0.05, 0.1) is 10.6 Å². The summed E-state index contributed by atoms with van der Waals surface area (Å²) in [5.74, 6) is 0. The minimum absolute atomic E-state index is 0.172. The predicted molar refractivity (Wildman–Crippen MR) is 92.9 cm³/mol. The molecule has 0 saturated heterocycles. The maximum atomic E-state index is 12.3. The molecule has 2 heterocycles. The molecule has 0 fully saturated rings. The zero-order chi connectivity index (χ0) is 17.0. The van der Waals surface area contributed by atoms with E-state index in [1.807, 2.05) is 18.2 Å².